The van der Waals surface area contributed by atoms with Crippen LogP contribution in [-0.2, 0) is 9.53 Å². The molecule has 0 spiro atoms. The number of carbonyl (C=O) groups excluding carboxylic acids is 1. The van der Waals surface area contributed by atoms with Gasteiger partial charge in [-0.05, 0) is 6.07 Å². The lowest BCUT2D eigenvalue weighted by molar-refractivity contribution is -0.122. The van der Waals surface area contributed by atoms with Crippen LogP contribution in [0.5, 0.6) is 0 Å². The lowest BCUT2D eigenvalue weighted by atomic mass is 10.1. The molecule has 1 saturated heterocycles. The molecule has 0 aromatic carbocycles. The predicted octanol–water partition coefficient (Wildman–Crippen LogP) is -3.14. The Kier molecular flexibility index (Phi) is 6.39. The molecule has 12 heteroatoms. The number of rotatable bonds is 8. The number of nitrogens with two attached hydrogens (primary N) is 2. The number of aliphatic hydroxyl groups excluding tert-OH is 3. The summed E-state index contributed by atoms with van der Waals surface area (Å²) in [6.45, 7) is 0.386. The van der Waals surface area contributed by atoms with Gasteiger partial charge in [0.25, 0.3) is 0 Å². The molecule has 0 unspecified atom stereocenters. The van der Waals surface area contributed by atoms with Crippen molar-refractivity contribution in [3.8, 4) is 0 Å². The molecule has 2 aromatic heterocycles. The maximum absolute atomic E-state index is 11.6. The Morgan fingerprint density at radius 1 is 1.32 bits per heavy atom. The van der Waals surface area contributed by atoms with E-state index in [1.165, 1.54) is 6.33 Å². The molecule has 2 aromatic rings. The van der Waals surface area contributed by atoms with Gasteiger partial charge in [-0.15, -0.1) is 0 Å². The van der Waals surface area contributed by atoms with Crippen molar-refractivity contribution in [3.05, 3.63) is 18.6 Å². The van der Waals surface area contributed by atoms with Crippen molar-refractivity contribution >= 4 is 22.8 Å². The fourth-order valence-electron chi connectivity index (χ4n) is 3.03. The maximum atomic E-state index is 11.6. The molecule has 3 heterocycles. The summed E-state index contributed by atoms with van der Waals surface area (Å²) >= 11 is 0. The Bertz CT molecular complexity index is 816. The number of hydrogen-bond donors (Lipinski definition) is 7. The van der Waals surface area contributed by atoms with Crippen molar-refractivity contribution in [1.29, 1.82) is 0 Å². The molecule has 0 aliphatic carbocycles. The van der Waals surface area contributed by atoms with Crippen molar-refractivity contribution in [2.24, 2.45) is 11.5 Å². The normalized spacial score (nSPS) is 25.8. The summed E-state index contributed by atoms with van der Waals surface area (Å²) in [6, 6.07) is 1.01. The summed E-state index contributed by atoms with van der Waals surface area (Å²) in [7, 11) is 0. The van der Waals surface area contributed by atoms with Gasteiger partial charge in [-0.2, -0.15) is 0 Å². The van der Waals surface area contributed by atoms with Gasteiger partial charge in [0.1, 0.15) is 36.1 Å². The standard InChI is InChI=1S/C16H25N7O5/c17-5-9(18)15(27)20-3-2-19-13-8-1-4-23(14(8)22-7-21-13)16-12(26)11(25)10(6-24)28-16/h1,4,7,9-12,16,24-26H,2-3,5-6,17-18H2,(H,20,27)(H,19,21,22)/t9-,10-,11-,12-,16-/m1/s1. The van der Waals surface area contributed by atoms with Gasteiger partial charge in [0, 0.05) is 25.8 Å². The highest BCUT2D eigenvalue weighted by molar-refractivity contribution is 5.87. The Balaban J connectivity index is 1.69. The molecule has 0 bridgehead atoms. The highest BCUT2D eigenvalue weighted by atomic mass is 16.6. The van der Waals surface area contributed by atoms with Crippen LogP contribution in [0.25, 0.3) is 11.0 Å². The Morgan fingerprint density at radius 3 is 2.79 bits per heavy atom. The molecule has 5 atom stereocenters. The second kappa shape index (κ2) is 8.77. The minimum absolute atomic E-state index is 0.0697. The van der Waals surface area contributed by atoms with E-state index in [0.717, 1.165) is 0 Å². The SMILES string of the molecule is NC[C@@H](N)C(=O)NCCNc1ncnc2c1ccn2[C@@H]1O[C@H](CO)[C@@H](O)[C@H]1O. The van der Waals surface area contributed by atoms with Crippen LogP contribution in [0.2, 0.25) is 0 Å². The first-order valence-corrected chi connectivity index (χ1v) is 8.89. The molecule has 3 rings (SSSR count). The minimum Gasteiger partial charge on any atom is -0.394 e. The van der Waals surface area contributed by atoms with Gasteiger partial charge in [0.2, 0.25) is 5.91 Å². The van der Waals surface area contributed by atoms with Crippen LogP contribution in [0, 0.1) is 0 Å². The van der Waals surface area contributed by atoms with Gasteiger partial charge in [-0.1, -0.05) is 0 Å². The van der Waals surface area contributed by atoms with Gasteiger partial charge in [0.05, 0.1) is 18.0 Å². The van der Waals surface area contributed by atoms with Crippen LogP contribution in [0.15, 0.2) is 18.6 Å². The highest BCUT2D eigenvalue weighted by Crippen LogP contribution is 2.32. The molecular weight excluding hydrogens is 370 g/mol. The van der Waals surface area contributed by atoms with Crippen molar-refractivity contribution in [2.75, 3.05) is 31.6 Å². The highest BCUT2D eigenvalue weighted by Gasteiger charge is 2.43. The second-order valence-electron chi connectivity index (χ2n) is 6.47. The first kappa shape index (κ1) is 20.4. The average Bonchev–Trinajstić information content (AvgIpc) is 3.26. The molecule has 0 saturated carbocycles. The Morgan fingerprint density at radius 2 is 2.11 bits per heavy atom. The Hall–Kier alpha value is -2.35. The van der Waals surface area contributed by atoms with E-state index in [0.29, 0.717) is 29.9 Å². The summed E-state index contributed by atoms with van der Waals surface area (Å²) in [5.41, 5.74) is 11.4. The van der Waals surface area contributed by atoms with E-state index in [1.807, 2.05) is 0 Å². The number of carbonyl (C=O) groups is 1. The quantitative estimate of drug-likeness (QED) is 0.224. The van der Waals surface area contributed by atoms with Gasteiger partial charge >= 0.3 is 0 Å². The van der Waals surface area contributed by atoms with Crippen molar-refractivity contribution < 1.29 is 24.9 Å². The third-order valence-electron chi connectivity index (χ3n) is 4.61. The van der Waals surface area contributed by atoms with Crippen LogP contribution in [0.1, 0.15) is 6.23 Å². The van der Waals surface area contributed by atoms with Crippen LogP contribution in [0.4, 0.5) is 5.82 Å². The largest absolute Gasteiger partial charge is 0.394 e. The predicted molar refractivity (Wildman–Crippen MR) is 99.1 cm³/mol. The number of anilines is 1. The lowest BCUT2D eigenvalue weighted by Gasteiger charge is -2.17. The number of aliphatic hydroxyl groups is 3. The Labute approximate surface area is 160 Å². The molecule has 1 aliphatic heterocycles. The molecule has 9 N–H and O–H groups in total. The van der Waals surface area contributed by atoms with E-state index in [-0.39, 0.29) is 12.5 Å². The summed E-state index contributed by atoms with van der Waals surface area (Å²) in [5, 5.41) is 35.9. The van der Waals surface area contributed by atoms with E-state index in [1.54, 1.807) is 16.8 Å². The van der Waals surface area contributed by atoms with E-state index < -0.39 is 37.2 Å². The van der Waals surface area contributed by atoms with Crippen molar-refractivity contribution in [3.63, 3.8) is 0 Å². The van der Waals surface area contributed by atoms with E-state index in [4.69, 9.17) is 16.2 Å². The number of fused-ring (bicyclic) bond motifs is 1. The minimum atomic E-state index is -1.21. The molecule has 1 aliphatic rings. The van der Waals surface area contributed by atoms with Gasteiger partial charge < -0.3 is 46.7 Å². The lowest BCUT2D eigenvalue weighted by Crippen LogP contribution is -2.46. The number of hydrogen-bond acceptors (Lipinski definition) is 10. The van der Waals surface area contributed by atoms with Crippen LogP contribution in [0.3, 0.4) is 0 Å². The van der Waals surface area contributed by atoms with Gasteiger partial charge in [0.15, 0.2) is 6.23 Å². The molecule has 28 heavy (non-hydrogen) atoms. The smallest absolute Gasteiger partial charge is 0.238 e. The molecule has 154 valence electrons. The number of ether oxygens (including phenoxy) is 1. The molecule has 0 radical (unpaired) electrons. The number of aromatic nitrogens is 3. The maximum Gasteiger partial charge on any atom is 0.238 e. The monoisotopic (exact) mass is 395 g/mol. The number of nitrogens with one attached hydrogen (secondary N) is 2. The molecule has 1 amide bonds. The van der Waals surface area contributed by atoms with Gasteiger partial charge in [-0.25, -0.2) is 9.97 Å². The third kappa shape index (κ3) is 3.92. The van der Waals surface area contributed by atoms with E-state index in [2.05, 4.69) is 20.6 Å². The average molecular weight is 395 g/mol. The summed E-state index contributed by atoms with van der Waals surface area (Å²) < 4.78 is 7.13. The van der Waals surface area contributed by atoms with E-state index in [9.17, 15) is 20.1 Å². The number of nitrogens with zero attached hydrogens (tertiary/aromatic N) is 3. The zero-order valence-corrected chi connectivity index (χ0v) is 15.1. The topological polar surface area (TPSA) is 194 Å². The summed E-state index contributed by atoms with van der Waals surface area (Å²) in [4.78, 5) is 20.0. The van der Waals surface area contributed by atoms with Crippen LogP contribution < -0.4 is 22.1 Å². The molecule has 1 fully saturated rings. The molecule has 12 nitrogen and oxygen atoms in total. The summed E-state index contributed by atoms with van der Waals surface area (Å²) in [5.74, 6) is 0.209. The van der Waals surface area contributed by atoms with E-state index >= 15 is 0 Å². The zero-order chi connectivity index (χ0) is 20.3. The van der Waals surface area contributed by atoms with Gasteiger partial charge in [-0.3, -0.25) is 4.79 Å². The first-order valence-electron chi connectivity index (χ1n) is 8.89. The summed E-state index contributed by atoms with van der Waals surface area (Å²) in [6.07, 6.45) is -1.15. The second-order valence-corrected chi connectivity index (χ2v) is 6.47. The van der Waals surface area contributed by atoms with Crippen LogP contribution >= 0.6 is 0 Å². The fourth-order valence-corrected chi connectivity index (χ4v) is 3.03. The first-order chi connectivity index (χ1) is 13.5. The number of amides is 1. The van der Waals surface area contributed by atoms with Crippen molar-refractivity contribution in [1.82, 2.24) is 19.9 Å². The fraction of sp³-hybridized carbons (Fsp3) is 0.562. The van der Waals surface area contributed by atoms with Crippen molar-refractivity contribution in [2.45, 2.75) is 30.6 Å². The zero-order valence-electron chi connectivity index (χ0n) is 15.1. The molecular formula is C16H25N7O5. The van der Waals surface area contributed by atoms with Crippen LogP contribution in [-0.4, -0.2) is 86.4 Å². The third-order valence-corrected chi connectivity index (χ3v) is 4.61.